The first-order valence-electron chi connectivity index (χ1n) is 8.82. The number of aryl methyl sites for hydroxylation is 1. The van der Waals surface area contributed by atoms with E-state index in [2.05, 4.69) is 32.1 Å². The van der Waals surface area contributed by atoms with E-state index in [1.807, 2.05) is 5.51 Å². The molecule has 2 aromatic heterocycles. The van der Waals surface area contributed by atoms with Crippen molar-refractivity contribution in [3.63, 3.8) is 0 Å². The number of aromatic nitrogens is 3. The second-order valence-electron chi connectivity index (χ2n) is 7.31. The van der Waals surface area contributed by atoms with Crippen LogP contribution in [0.3, 0.4) is 0 Å². The maximum Gasteiger partial charge on any atom is 0.271 e. The first-order chi connectivity index (χ1) is 12.1. The number of nitrogens with one attached hydrogen (secondary N) is 1. The number of nitrogens with zero attached hydrogens (tertiary/aromatic N) is 4. The molecule has 25 heavy (non-hydrogen) atoms. The summed E-state index contributed by atoms with van der Waals surface area (Å²) in [5.41, 5.74) is 3.94. The van der Waals surface area contributed by atoms with Gasteiger partial charge >= 0.3 is 0 Å². The largest absolute Gasteiger partial charge is 0.348 e. The smallest absolute Gasteiger partial charge is 0.271 e. The van der Waals surface area contributed by atoms with Crippen LogP contribution in [0.2, 0.25) is 0 Å². The van der Waals surface area contributed by atoms with Gasteiger partial charge in [0.1, 0.15) is 5.69 Å². The molecular weight excluding hydrogens is 334 g/mol. The van der Waals surface area contributed by atoms with Crippen molar-refractivity contribution in [1.82, 2.24) is 25.2 Å². The highest BCUT2D eigenvalue weighted by Crippen LogP contribution is 2.49. The van der Waals surface area contributed by atoms with Crippen LogP contribution in [0.1, 0.15) is 46.7 Å². The van der Waals surface area contributed by atoms with Crippen molar-refractivity contribution >= 4 is 17.2 Å². The third-order valence-electron chi connectivity index (χ3n) is 5.62. The van der Waals surface area contributed by atoms with Crippen molar-refractivity contribution in [2.24, 2.45) is 5.41 Å². The number of carbonyl (C=O) groups is 1. The maximum atomic E-state index is 12.2. The molecule has 4 rings (SSSR count). The summed E-state index contributed by atoms with van der Waals surface area (Å²) in [5.74, 6) is -0.106. The lowest BCUT2D eigenvalue weighted by Crippen LogP contribution is -2.54. The molecule has 6 nitrogen and oxygen atoms in total. The molecule has 0 atom stereocenters. The third-order valence-corrected chi connectivity index (χ3v) is 6.54. The van der Waals surface area contributed by atoms with E-state index < -0.39 is 0 Å². The molecule has 0 radical (unpaired) electrons. The summed E-state index contributed by atoms with van der Waals surface area (Å²) in [4.78, 5) is 28.4. The van der Waals surface area contributed by atoms with Crippen molar-refractivity contribution in [2.75, 3.05) is 13.1 Å². The van der Waals surface area contributed by atoms with Gasteiger partial charge < -0.3 is 5.32 Å². The number of rotatable bonds is 4. The van der Waals surface area contributed by atoms with Gasteiger partial charge in [-0.05, 0) is 51.1 Å². The highest BCUT2D eigenvalue weighted by Gasteiger charge is 2.46. The van der Waals surface area contributed by atoms with E-state index in [0.29, 0.717) is 11.1 Å². The number of thiazole rings is 1. The molecule has 1 saturated carbocycles. The van der Waals surface area contributed by atoms with Gasteiger partial charge in [-0.15, -0.1) is 11.3 Å². The van der Waals surface area contributed by atoms with E-state index in [0.717, 1.165) is 32.5 Å². The van der Waals surface area contributed by atoms with Gasteiger partial charge in [-0.3, -0.25) is 14.7 Å². The molecule has 2 fully saturated rings. The van der Waals surface area contributed by atoms with Crippen LogP contribution in [0, 0.1) is 12.3 Å². The van der Waals surface area contributed by atoms with Crippen LogP contribution in [-0.4, -0.2) is 44.9 Å². The standard InChI is InChI=1S/C18H23N5OS/c1-13-16(25-12-21-13)11-23-6-2-18(3-7-23)8-14(9-18)22-17(24)15-10-19-4-5-20-15/h4-5,10,12,14H,2-3,6-9,11H2,1H3,(H,22,24). The first-order valence-corrected chi connectivity index (χ1v) is 9.70. The van der Waals surface area contributed by atoms with Crippen molar-refractivity contribution in [3.8, 4) is 0 Å². The minimum atomic E-state index is -0.106. The van der Waals surface area contributed by atoms with E-state index in [1.54, 1.807) is 23.7 Å². The van der Waals surface area contributed by atoms with E-state index in [9.17, 15) is 4.79 Å². The molecule has 3 heterocycles. The van der Waals surface area contributed by atoms with Gasteiger partial charge in [0.05, 0.1) is 17.4 Å². The predicted octanol–water partition coefficient (Wildman–Crippen LogP) is 2.42. The summed E-state index contributed by atoms with van der Waals surface area (Å²) in [5, 5.41) is 3.10. The Kier molecular flexibility index (Phi) is 4.52. The topological polar surface area (TPSA) is 71.0 Å². The van der Waals surface area contributed by atoms with Crippen LogP contribution < -0.4 is 5.32 Å². The Hall–Kier alpha value is -1.86. The maximum absolute atomic E-state index is 12.2. The van der Waals surface area contributed by atoms with Crippen molar-refractivity contribution in [2.45, 2.75) is 45.2 Å². The van der Waals surface area contributed by atoms with Crippen molar-refractivity contribution < 1.29 is 4.79 Å². The summed E-state index contributed by atoms with van der Waals surface area (Å²) in [6.45, 7) is 5.40. The summed E-state index contributed by atoms with van der Waals surface area (Å²) < 4.78 is 0. The van der Waals surface area contributed by atoms with Gasteiger partial charge in [-0.1, -0.05) is 0 Å². The highest BCUT2D eigenvalue weighted by atomic mass is 32.1. The molecule has 1 aliphatic carbocycles. The summed E-state index contributed by atoms with van der Waals surface area (Å²) >= 11 is 1.76. The number of hydrogen-bond donors (Lipinski definition) is 1. The Morgan fingerprint density at radius 1 is 1.32 bits per heavy atom. The lowest BCUT2D eigenvalue weighted by Gasteiger charge is -2.52. The minimum Gasteiger partial charge on any atom is -0.348 e. The zero-order chi connectivity index (χ0) is 17.3. The average molecular weight is 357 g/mol. The zero-order valence-corrected chi connectivity index (χ0v) is 15.3. The Morgan fingerprint density at radius 3 is 2.76 bits per heavy atom. The second-order valence-corrected chi connectivity index (χ2v) is 8.25. The van der Waals surface area contributed by atoms with Gasteiger partial charge in [-0.25, -0.2) is 9.97 Å². The molecular formula is C18H23N5OS. The van der Waals surface area contributed by atoms with Gasteiger partial charge in [0.15, 0.2) is 0 Å². The lowest BCUT2D eigenvalue weighted by atomic mass is 9.60. The Labute approximate surface area is 151 Å². The van der Waals surface area contributed by atoms with Crippen LogP contribution >= 0.6 is 11.3 Å². The second kappa shape index (κ2) is 6.80. The van der Waals surface area contributed by atoms with E-state index >= 15 is 0 Å². The van der Waals surface area contributed by atoms with Gasteiger partial charge in [0, 0.05) is 29.9 Å². The fourth-order valence-electron chi connectivity index (χ4n) is 4.04. The van der Waals surface area contributed by atoms with Crippen LogP contribution in [-0.2, 0) is 6.54 Å². The quantitative estimate of drug-likeness (QED) is 0.910. The molecule has 132 valence electrons. The predicted molar refractivity (Wildman–Crippen MR) is 96.3 cm³/mol. The van der Waals surface area contributed by atoms with Crippen molar-refractivity contribution in [1.29, 1.82) is 0 Å². The van der Waals surface area contributed by atoms with Gasteiger partial charge in [0.2, 0.25) is 0 Å². The van der Waals surface area contributed by atoms with Crippen LogP contribution in [0.4, 0.5) is 0 Å². The van der Waals surface area contributed by atoms with Gasteiger partial charge in [0.25, 0.3) is 5.91 Å². The van der Waals surface area contributed by atoms with E-state index in [1.165, 1.54) is 29.6 Å². The summed E-state index contributed by atoms with van der Waals surface area (Å²) in [6.07, 6.45) is 9.28. The molecule has 2 aromatic rings. The molecule has 0 unspecified atom stereocenters. The van der Waals surface area contributed by atoms with Crippen molar-refractivity contribution in [3.05, 3.63) is 40.4 Å². The van der Waals surface area contributed by atoms with Crippen LogP contribution in [0.15, 0.2) is 24.1 Å². The Balaban J connectivity index is 1.24. The van der Waals surface area contributed by atoms with Crippen LogP contribution in [0.5, 0.6) is 0 Å². The molecule has 1 N–H and O–H groups in total. The van der Waals surface area contributed by atoms with Gasteiger partial charge in [-0.2, -0.15) is 0 Å². The van der Waals surface area contributed by atoms with E-state index in [4.69, 9.17) is 0 Å². The monoisotopic (exact) mass is 357 g/mol. The fraction of sp³-hybridized carbons (Fsp3) is 0.556. The zero-order valence-electron chi connectivity index (χ0n) is 14.4. The number of carbonyl (C=O) groups excluding carboxylic acids is 1. The average Bonchev–Trinajstić information content (AvgIpc) is 3.01. The lowest BCUT2D eigenvalue weighted by molar-refractivity contribution is 0.00481. The Morgan fingerprint density at radius 2 is 2.12 bits per heavy atom. The Bertz CT molecular complexity index is 731. The third kappa shape index (κ3) is 3.57. The number of piperidine rings is 1. The molecule has 0 aromatic carbocycles. The normalized spacial score (nSPS) is 20.4. The summed E-state index contributed by atoms with van der Waals surface area (Å²) in [6, 6.07) is 0.282. The molecule has 0 bridgehead atoms. The SMILES string of the molecule is Cc1ncsc1CN1CCC2(CC1)CC(NC(=O)c1cnccn1)C2. The minimum absolute atomic E-state index is 0.106. The number of amides is 1. The van der Waals surface area contributed by atoms with Crippen LogP contribution in [0.25, 0.3) is 0 Å². The molecule has 1 aliphatic heterocycles. The molecule has 2 aliphatic rings. The molecule has 1 spiro atoms. The first kappa shape index (κ1) is 16.6. The fourth-order valence-corrected chi connectivity index (χ4v) is 4.86. The summed E-state index contributed by atoms with van der Waals surface area (Å²) in [7, 11) is 0. The molecule has 1 amide bonds. The number of likely N-dealkylation sites (tertiary alicyclic amines) is 1. The highest BCUT2D eigenvalue weighted by molar-refractivity contribution is 7.09. The van der Waals surface area contributed by atoms with E-state index in [-0.39, 0.29) is 11.9 Å². The molecule has 1 saturated heterocycles. The molecule has 7 heteroatoms. The number of hydrogen-bond acceptors (Lipinski definition) is 6.